The van der Waals surface area contributed by atoms with E-state index in [1.165, 1.54) is 51.7 Å². The number of aliphatic carboxylic acids is 1. The molecule has 0 radical (unpaired) electrons. The van der Waals surface area contributed by atoms with E-state index in [2.05, 4.69) is 15.3 Å². The summed E-state index contributed by atoms with van der Waals surface area (Å²) in [6.07, 6.45) is -4.41. The molecule has 0 bridgehead atoms. The minimum absolute atomic E-state index is 0.0535. The molecule has 2 aromatic rings. The SMILES string of the molecule is CCO[C@@H](c1ccc([C@](C)(COC)CC(=O)O)cc1Nc1cnc(OC)nc1)C(F)(F)F. The van der Waals surface area contributed by atoms with Crippen molar-refractivity contribution in [2.45, 2.75) is 38.0 Å². The molecule has 1 aromatic carbocycles. The van der Waals surface area contributed by atoms with Gasteiger partial charge in [-0.05, 0) is 18.6 Å². The molecule has 0 aliphatic rings. The third-order valence-electron chi connectivity index (χ3n) is 4.76. The summed E-state index contributed by atoms with van der Waals surface area (Å²) in [7, 11) is 2.82. The number of ether oxygens (including phenoxy) is 3. The molecule has 0 saturated carbocycles. The Morgan fingerprint density at radius 1 is 1.22 bits per heavy atom. The van der Waals surface area contributed by atoms with Crippen LogP contribution in [0.2, 0.25) is 0 Å². The molecule has 0 aliphatic carbocycles. The second-order valence-corrected chi connectivity index (χ2v) is 7.33. The van der Waals surface area contributed by atoms with Gasteiger partial charge in [0.05, 0.1) is 38.2 Å². The zero-order valence-electron chi connectivity index (χ0n) is 18.2. The molecule has 11 heteroatoms. The summed E-state index contributed by atoms with van der Waals surface area (Å²) in [6.45, 7) is 3.04. The van der Waals surface area contributed by atoms with E-state index in [9.17, 15) is 23.1 Å². The van der Waals surface area contributed by atoms with Crippen LogP contribution in [0, 0.1) is 0 Å². The minimum Gasteiger partial charge on any atom is -0.481 e. The van der Waals surface area contributed by atoms with Gasteiger partial charge in [-0.2, -0.15) is 13.2 Å². The molecular formula is C21H26F3N3O5. The fourth-order valence-corrected chi connectivity index (χ4v) is 3.33. The Kier molecular flexibility index (Phi) is 8.39. The van der Waals surface area contributed by atoms with Crippen molar-refractivity contribution in [1.29, 1.82) is 0 Å². The molecule has 0 spiro atoms. The van der Waals surface area contributed by atoms with Crippen molar-refractivity contribution in [3.63, 3.8) is 0 Å². The highest BCUT2D eigenvalue weighted by Gasteiger charge is 2.43. The smallest absolute Gasteiger partial charge is 0.418 e. The van der Waals surface area contributed by atoms with E-state index >= 15 is 0 Å². The summed E-state index contributed by atoms with van der Waals surface area (Å²) >= 11 is 0. The zero-order valence-corrected chi connectivity index (χ0v) is 18.2. The first-order chi connectivity index (χ1) is 15.0. The van der Waals surface area contributed by atoms with Crippen LogP contribution < -0.4 is 10.1 Å². The van der Waals surface area contributed by atoms with E-state index in [1.807, 2.05) is 0 Å². The lowest BCUT2D eigenvalue weighted by molar-refractivity contribution is -0.222. The van der Waals surface area contributed by atoms with Gasteiger partial charge in [-0.1, -0.05) is 19.1 Å². The predicted molar refractivity (Wildman–Crippen MR) is 110 cm³/mol. The van der Waals surface area contributed by atoms with Crippen LogP contribution in [0.5, 0.6) is 6.01 Å². The fraction of sp³-hybridized carbons (Fsp3) is 0.476. The molecule has 1 heterocycles. The first-order valence-corrected chi connectivity index (χ1v) is 9.70. The average Bonchev–Trinajstić information content (AvgIpc) is 2.71. The van der Waals surface area contributed by atoms with Gasteiger partial charge < -0.3 is 24.6 Å². The van der Waals surface area contributed by atoms with Crippen molar-refractivity contribution in [2.24, 2.45) is 0 Å². The summed E-state index contributed by atoms with van der Waals surface area (Å²) in [4.78, 5) is 19.3. The normalized spacial score (nSPS) is 14.5. The van der Waals surface area contributed by atoms with Gasteiger partial charge in [-0.25, -0.2) is 9.97 Å². The Bertz CT molecular complexity index is 909. The van der Waals surface area contributed by atoms with Crippen LogP contribution in [0.1, 0.15) is 37.5 Å². The van der Waals surface area contributed by atoms with Crippen molar-refractivity contribution in [3.05, 3.63) is 41.7 Å². The van der Waals surface area contributed by atoms with E-state index in [4.69, 9.17) is 14.2 Å². The molecule has 0 unspecified atom stereocenters. The third-order valence-corrected chi connectivity index (χ3v) is 4.76. The number of rotatable bonds is 11. The van der Waals surface area contributed by atoms with Gasteiger partial charge in [0.1, 0.15) is 0 Å². The Hall–Kier alpha value is -2.92. The number of carboxylic acid groups (broad SMARTS) is 1. The zero-order chi connectivity index (χ0) is 23.9. The standard InChI is InChI=1S/C21H26F3N3O5/c1-5-32-18(21(22,23)24)15-7-6-13(20(2,12-30-3)9-17(28)29)8-16(15)27-14-10-25-19(31-4)26-11-14/h6-8,10-11,18,27H,5,9,12H2,1-4H3,(H,28,29)/t18-,20-/m0/s1. The maximum Gasteiger partial charge on any atom is 0.418 e. The highest BCUT2D eigenvalue weighted by atomic mass is 19.4. The van der Waals surface area contributed by atoms with Crippen LogP contribution in [0.4, 0.5) is 24.5 Å². The van der Waals surface area contributed by atoms with E-state index in [0.29, 0.717) is 11.3 Å². The van der Waals surface area contributed by atoms with E-state index in [1.54, 1.807) is 6.92 Å². The van der Waals surface area contributed by atoms with Crippen LogP contribution >= 0.6 is 0 Å². The number of anilines is 2. The first-order valence-electron chi connectivity index (χ1n) is 9.70. The molecular weight excluding hydrogens is 431 g/mol. The number of methoxy groups -OCH3 is 2. The van der Waals surface area contributed by atoms with Gasteiger partial charge in [0.25, 0.3) is 0 Å². The largest absolute Gasteiger partial charge is 0.481 e. The monoisotopic (exact) mass is 457 g/mol. The number of aromatic nitrogens is 2. The topological polar surface area (TPSA) is 103 Å². The van der Waals surface area contributed by atoms with Crippen LogP contribution in [0.3, 0.4) is 0 Å². The molecule has 1 aromatic heterocycles. The molecule has 2 rings (SSSR count). The third kappa shape index (κ3) is 6.30. The Balaban J connectivity index is 2.61. The quantitative estimate of drug-likeness (QED) is 0.516. The predicted octanol–water partition coefficient (Wildman–Crippen LogP) is 4.25. The maximum absolute atomic E-state index is 13.7. The van der Waals surface area contributed by atoms with Crippen molar-refractivity contribution in [3.8, 4) is 6.01 Å². The maximum atomic E-state index is 13.7. The number of halogens is 3. The van der Waals surface area contributed by atoms with Gasteiger partial charge in [0.2, 0.25) is 0 Å². The number of hydrogen-bond acceptors (Lipinski definition) is 7. The summed E-state index contributed by atoms with van der Waals surface area (Å²) in [5.74, 6) is -1.06. The van der Waals surface area contributed by atoms with Crippen molar-refractivity contribution >= 4 is 17.3 Å². The van der Waals surface area contributed by atoms with Gasteiger partial charge in [0, 0.05) is 30.4 Å². The molecule has 2 atom stereocenters. The van der Waals surface area contributed by atoms with Gasteiger partial charge >= 0.3 is 18.2 Å². The number of carbonyl (C=O) groups is 1. The van der Waals surface area contributed by atoms with Crippen LogP contribution in [0.15, 0.2) is 30.6 Å². The summed E-state index contributed by atoms with van der Waals surface area (Å²) < 4.78 is 56.3. The van der Waals surface area contributed by atoms with Gasteiger partial charge in [-0.3, -0.25) is 4.79 Å². The Labute approximate surface area is 183 Å². The number of alkyl halides is 3. The number of carboxylic acids is 1. The number of hydrogen-bond donors (Lipinski definition) is 2. The second-order valence-electron chi connectivity index (χ2n) is 7.33. The highest BCUT2D eigenvalue weighted by Crippen LogP contribution is 2.42. The summed E-state index contributed by atoms with van der Waals surface area (Å²) in [5, 5.41) is 12.2. The van der Waals surface area contributed by atoms with Crippen LogP contribution in [0.25, 0.3) is 0 Å². The van der Waals surface area contributed by atoms with Crippen LogP contribution in [-0.2, 0) is 19.7 Å². The van der Waals surface area contributed by atoms with E-state index < -0.39 is 23.7 Å². The summed E-state index contributed by atoms with van der Waals surface area (Å²) in [5.41, 5.74) is -0.257. The Morgan fingerprint density at radius 3 is 2.38 bits per heavy atom. The lowest BCUT2D eigenvalue weighted by Gasteiger charge is -2.30. The lowest BCUT2D eigenvalue weighted by atomic mass is 9.79. The minimum atomic E-state index is -4.67. The molecule has 0 fully saturated rings. The number of nitrogens with zero attached hydrogens (tertiary/aromatic N) is 2. The fourth-order valence-electron chi connectivity index (χ4n) is 3.33. The van der Waals surface area contributed by atoms with E-state index in [-0.39, 0.29) is 36.9 Å². The van der Waals surface area contributed by atoms with Crippen molar-refractivity contribution in [2.75, 3.05) is 32.8 Å². The van der Waals surface area contributed by atoms with Crippen molar-refractivity contribution < 1.29 is 37.3 Å². The Morgan fingerprint density at radius 2 is 1.88 bits per heavy atom. The molecule has 32 heavy (non-hydrogen) atoms. The molecule has 8 nitrogen and oxygen atoms in total. The average molecular weight is 457 g/mol. The molecule has 2 N–H and O–H groups in total. The number of nitrogens with one attached hydrogen (secondary N) is 1. The second kappa shape index (κ2) is 10.6. The lowest BCUT2D eigenvalue weighted by Crippen LogP contribution is -2.31. The molecule has 176 valence electrons. The first kappa shape index (κ1) is 25.3. The molecule has 0 aliphatic heterocycles. The van der Waals surface area contributed by atoms with E-state index in [0.717, 1.165) is 0 Å². The van der Waals surface area contributed by atoms with Crippen LogP contribution in [-0.4, -0.2) is 54.7 Å². The van der Waals surface area contributed by atoms with Gasteiger partial charge in [-0.15, -0.1) is 0 Å². The highest BCUT2D eigenvalue weighted by molar-refractivity contribution is 5.70. The molecule has 0 saturated heterocycles. The summed E-state index contributed by atoms with van der Waals surface area (Å²) in [6, 6.07) is 4.32. The van der Waals surface area contributed by atoms with Gasteiger partial charge in [0.15, 0.2) is 6.10 Å². The van der Waals surface area contributed by atoms with Crippen molar-refractivity contribution in [1.82, 2.24) is 9.97 Å². The number of benzene rings is 1. The molecule has 0 amide bonds.